The van der Waals surface area contributed by atoms with Gasteiger partial charge in [0.2, 0.25) is 0 Å². The third-order valence-corrected chi connectivity index (χ3v) is 4.77. The smallest absolute Gasteiger partial charge is 0.293 e. The maximum atomic E-state index is 11.1. The number of thiophene rings is 1. The zero-order valence-electron chi connectivity index (χ0n) is 11.4. The summed E-state index contributed by atoms with van der Waals surface area (Å²) in [7, 11) is 0. The van der Waals surface area contributed by atoms with E-state index in [0.717, 1.165) is 25.1 Å². The average molecular weight is 304 g/mol. The molecule has 0 spiro atoms. The second-order valence-corrected chi connectivity index (χ2v) is 6.04. The molecule has 0 radical (unpaired) electrons. The first-order valence-electron chi connectivity index (χ1n) is 6.69. The van der Waals surface area contributed by atoms with Gasteiger partial charge in [0.1, 0.15) is 5.69 Å². The first-order chi connectivity index (χ1) is 10.2. The summed E-state index contributed by atoms with van der Waals surface area (Å²) in [6.07, 6.45) is 1.04. The Kier molecular flexibility index (Phi) is 3.87. The molecule has 0 unspecified atom stereocenters. The van der Waals surface area contributed by atoms with Crippen LogP contribution in [0.15, 0.2) is 29.6 Å². The number of benzene rings is 1. The van der Waals surface area contributed by atoms with Gasteiger partial charge in [-0.1, -0.05) is 12.1 Å². The number of nitro groups is 1. The summed E-state index contributed by atoms with van der Waals surface area (Å²) < 4.78 is 0. The van der Waals surface area contributed by atoms with Crippen LogP contribution in [0.5, 0.6) is 0 Å². The lowest BCUT2D eigenvalue weighted by molar-refractivity contribution is -0.384. The Morgan fingerprint density at radius 3 is 3.05 bits per heavy atom. The molecule has 1 aliphatic rings. The second-order valence-electron chi connectivity index (χ2n) is 5.04. The number of nitro benzene ring substituents is 1. The van der Waals surface area contributed by atoms with Gasteiger partial charge in [0.05, 0.1) is 4.92 Å². The molecule has 0 saturated carbocycles. The van der Waals surface area contributed by atoms with Crippen molar-refractivity contribution in [1.82, 2.24) is 4.90 Å². The van der Waals surface area contributed by atoms with Crippen LogP contribution in [0.2, 0.25) is 0 Å². The number of fused-ring (bicyclic) bond motifs is 1. The molecule has 0 amide bonds. The Morgan fingerprint density at radius 1 is 1.43 bits per heavy atom. The van der Waals surface area contributed by atoms with Gasteiger partial charge in [-0.15, -0.1) is 11.3 Å². The summed E-state index contributed by atoms with van der Waals surface area (Å²) in [6.45, 7) is 2.49. The number of hydrogen-bond acceptors (Lipinski definition) is 6. The van der Waals surface area contributed by atoms with E-state index in [1.165, 1.54) is 16.5 Å². The van der Waals surface area contributed by atoms with Crippen molar-refractivity contribution in [2.75, 3.05) is 12.0 Å². The van der Waals surface area contributed by atoms with E-state index in [-0.39, 0.29) is 5.69 Å². The van der Waals surface area contributed by atoms with Crippen molar-refractivity contribution in [2.45, 2.75) is 19.5 Å². The molecule has 7 heteroatoms. The minimum Gasteiger partial charge on any atom is -0.318 e. The van der Waals surface area contributed by atoms with Gasteiger partial charge in [-0.2, -0.15) is 0 Å². The van der Waals surface area contributed by atoms with Gasteiger partial charge in [0.25, 0.3) is 5.69 Å². The van der Waals surface area contributed by atoms with Crippen molar-refractivity contribution >= 4 is 22.7 Å². The minimum atomic E-state index is -0.411. The highest BCUT2D eigenvalue weighted by Crippen LogP contribution is 2.30. The van der Waals surface area contributed by atoms with E-state index in [1.807, 2.05) is 6.07 Å². The summed E-state index contributed by atoms with van der Waals surface area (Å²) >= 11 is 1.80. The van der Waals surface area contributed by atoms with E-state index in [9.17, 15) is 10.1 Å². The molecule has 0 aliphatic carbocycles. The number of hydrazine groups is 1. The first-order valence-corrected chi connectivity index (χ1v) is 7.57. The van der Waals surface area contributed by atoms with Crippen molar-refractivity contribution < 1.29 is 4.92 Å². The lowest BCUT2D eigenvalue weighted by Gasteiger charge is -2.27. The van der Waals surface area contributed by atoms with Crippen LogP contribution < -0.4 is 11.3 Å². The number of nitrogens with zero attached hydrogens (tertiary/aromatic N) is 2. The molecule has 0 fully saturated rings. The van der Waals surface area contributed by atoms with Crippen molar-refractivity contribution in [3.05, 3.63) is 55.8 Å². The zero-order valence-corrected chi connectivity index (χ0v) is 12.2. The maximum absolute atomic E-state index is 11.1. The second kappa shape index (κ2) is 5.80. The van der Waals surface area contributed by atoms with E-state index in [4.69, 9.17) is 5.84 Å². The summed E-state index contributed by atoms with van der Waals surface area (Å²) in [4.78, 5) is 14.4. The van der Waals surface area contributed by atoms with Crippen LogP contribution in [-0.4, -0.2) is 16.4 Å². The third-order valence-electron chi connectivity index (χ3n) is 3.75. The highest BCUT2D eigenvalue weighted by Gasteiger charge is 2.21. The maximum Gasteiger partial charge on any atom is 0.293 e. The summed E-state index contributed by atoms with van der Waals surface area (Å²) in [5.41, 5.74) is 5.11. The molecule has 110 valence electrons. The summed E-state index contributed by atoms with van der Waals surface area (Å²) in [5, 5.41) is 13.2. The number of para-hydroxylation sites is 1. The number of nitrogen functional groups attached to an aromatic ring is 1. The fourth-order valence-corrected chi connectivity index (χ4v) is 3.61. The minimum absolute atomic E-state index is 0.0169. The molecule has 1 aliphatic heterocycles. The lowest BCUT2D eigenvalue weighted by Crippen LogP contribution is -2.29. The molecular formula is C14H16N4O2S. The Labute approximate surface area is 126 Å². The van der Waals surface area contributed by atoms with Gasteiger partial charge in [0, 0.05) is 30.6 Å². The third kappa shape index (κ3) is 2.76. The lowest BCUT2D eigenvalue weighted by atomic mass is 10.1. The van der Waals surface area contributed by atoms with E-state index in [1.54, 1.807) is 17.4 Å². The van der Waals surface area contributed by atoms with Crippen LogP contribution >= 0.6 is 11.3 Å². The summed E-state index contributed by atoms with van der Waals surface area (Å²) in [6, 6.07) is 7.20. The number of rotatable bonds is 4. The molecule has 0 atom stereocenters. The van der Waals surface area contributed by atoms with Crippen molar-refractivity contribution in [3.63, 3.8) is 0 Å². The van der Waals surface area contributed by atoms with Crippen LogP contribution in [0.25, 0.3) is 0 Å². The fourth-order valence-electron chi connectivity index (χ4n) is 2.72. The fraction of sp³-hybridized carbons (Fsp3) is 0.286. The number of hydrogen-bond donors (Lipinski definition) is 2. The van der Waals surface area contributed by atoms with E-state index in [2.05, 4.69) is 21.8 Å². The van der Waals surface area contributed by atoms with Gasteiger partial charge < -0.3 is 5.43 Å². The quantitative estimate of drug-likeness (QED) is 0.515. The van der Waals surface area contributed by atoms with Gasteiger partial charge in [-0.05, 0) is 29.0 Å². The number of anilines is 1. The SMILES string of the molecule is NNc1c(CN2CCc3sccc3C2)cccc1[N+](=O)[O-]. The average Bonchev–Trinajstić information content (AvgIpc) is 2.94. The molecule has 3 rings (SSSR count). The highest BCUT2D eigenvalue weighted by molar-refractivity contribution is 7.10. The van der Waals surface area contributed by atoms with Gasteiger partial charge in [-0.25, -0.2) is 0 Å². The predicted molar refractivity (Wildman–Crippen MR) is 83.0 cm³/mol. The van der Waals surface area contributed by atoms with Crippen molar-refractivity contribution in [3.8, 4) is 0 Å². The Balaban J connectivity index is 1.83. The zero-order chi connectivity index (χ0) is 14.8. The molecule has 0 bridgehead atoms. The Bertz CT molecular complexity index is 671. The Morgan fingerprint density at radius 2 is 2.29 bits per heavy atom. The van der Waals surface area contributed by atoms with Gasteiger partial charge in [-0.3, -0.25) is 20.9 Å². The van der Waals surface area contributed by atoms with Gasteiger partial charge in [0.15, 0.2) is 0 Å². The van der Waals surface area contributed by atoms with Crippen LogP contribution in [0, 0.1) is 10.1 Å². The predicted octanol–water partition coefficient (Wildman–Crippen LogP) is 2.50. The molecule has 2 aromatic rings. The number of nitrogens with one attached hydrogen (secondary N) is 1. The molecular weight excluding hydrogens is 288 g/mol. The molecule has 21 heavy (non-hydrogen) atoms. The highest BCUT2D eigenvalue weighted by atomic mass is 32.1. The Hall–Kier alpha value is -1.96. The van der Waals surface area contributed by atoms with Crippen LogP contribution in [0.4, 0.5) is 11.4 Å². The van der Waals surface area contributed by atoms with Crippen molar-refractivity contribution in [1.29, 1.82) is 0 Å². The topological polar surface area (TPSA) is 84.4 Å². The molecule has 2 heterocycles. The molecule has 3 N–H and O–H groups in total. The molecule has 1 aromatic heterocycles. The van der Waals surface area contributed by atoms with E-state index >= 15 is 0 Å². The number of nitrogens with two attached hydrogens (primary N) is 1. The van der Waals surface area contributed by atoms with E-state index in [0.29, 0.717) is 12.2 Å². The van der Waals surface area contributed by atoms with E-state index < -0.39 is 4.92 Å². The monoisotopic (exact) mass is 304 g/mol. The molecule has 6 nitrogen and oxygen atoms in total. The van der Waals surface area contributed by atoms with Crippen LogP contribution in [0.1, 0.15) is 16.0 Å². The first kappa shape index (κ1) is 14.0. The largest absolute Gasteiger partial charge is 0.318 e. The van der Waals surface area contributed by atoms with Gasteiger partial charge >= 0.3 is 0 Å². The molecule has 0 saturated heterocycles. The van der Waals surface area contributed by atoms with Crippen LogP contribution in [-0.2, 0) is 19.5 Å². The molecule has 1 aromatic carbocycles. The van der Waals surface area contributed by atoms with Crippen LogP contribution in [0.3, 0.4) is 0 Å². The summed E-state index contributed by atoms with van der Waals surface area (Å²) in [5.74, 6) is 5.48. The standard InChI is InChI=1S/C14H16N4O2S/c15-16-14-11(2-1-3-12(14)18(19)20)9-17-6-4-13-10(8-17)5-7-21-13/h1-3,5,7,16H,4,6,8-9,15H2. The normalized spacial score (nSPS) is 14.7. The van der Waals surface area contributed by atoms with Crippen molar-refractivity contribution in [2.24, 2.45) is 5.84 Å².